The van der Waals surface area contributed by atoms with Crippen molar-refractivity contribution in [3.8, 4) is 0 Å². The van der Waals surface area contributed by atoms with Crippen LogP contribution in [0.4, 0.5) is 23.7 Å². The molecule has 3 rings (SSSR count). The van der Waals surface area contributed by atoms with Gasteiger partial charge >= 0.3 is 18.2 Å². The van der Waals surface area contributed by atoms with Gasteiger partial charge in [0.15, 0.2) is 0 Å². The van der Waals surface area contributed by atoms with Gasteiger partial charge in [-0.15, -0.1) is 0 Å². The summed E-state index contributed by atoms with van der Waals surface area (Å²) >= 11 is 0. The quantitative estimate of drug-likeness (QED) is 0.286. The second-order valence-corrected chi connectivity index (χ2v) is 10.8. The van der Waals surface area contributed by atoms with Crippen molar-refractivity contribution in [3.63, 3.8) is 0 Å². The molecule has 0 spiro atoms. The van der Waals surface area contributed by atoms with E-state index in [-0.39, 0.29) is 6.54 Å². The number of hydrogen-bond donors (Lipinski definition) is 2. The lowest BCUT2D eigenvalue weighted by Gasteiger charge is -2.34. The maximum Gasteiger partial charge on any atom is 0.421 e. The number of anilines is 1. The number of aliphatic carboxylic acids is 1. The van der Waals surface area contributed by atoms with E-state index in [1.165, 1.54) is 31.3 Å². The molecular formula is C31H36F3N3O4. The molecule has 7 nitrogen and oxygen atoms in total. The van der Waals surface area contributed by atoms with Crippen molar-refractivity contribution in [2.75, 3.05) is 25.0 Å². The van der Waals surface area contributed by atoms with Crippen LogP contribution in [0.25, 0.3) is 0 Å². The van der Waals surface area contributed by atoms with Crippen LogP contribution in [0.3, 0.4) is 0 Å². The van der Waals surface area contributed by atoms with Crippen LogP contribution in [0.5, 0.6) is 0 Å². The molecule has 0 fully saturated rings. The van der Waals surface area contributed by atoms with Crippen LogP contribution >= 0.6 is 0 Å². The van der Waals surface area contributed by atoms with Gasteiger partial charge in [-0.05, 0) is 49.6 Å². The van der Waals surface area contributed by atoms with Gasteiger partial charge in [-0.25, -0.2) is 9.59 Å². The van der Waals surface area contributed by atoms with Crippen molar-refractivity contribution in [1.82, 2.24) is 10.2 Å². The van der Waals surface area contributed by atoms with E-state index in [2.05, 4.69) is 5.32 Å². The summed E-state index contributed by atoms with van der Waals surface area (Å²) in [5.74, 6) is -2.09. The molecule has 0 aliphatic heterocycles. The standard InChI is InChI=1S/C31H36F3N3O4/c1-29(2,3)41-28(40)36(4)20-19-35-30(27(38)39,31(32,33)34)25-15-17-26(18-16-25)37(21-23-11-7-5-8-12-23)22-24-13-9-6-10-14-24/h5-18,35H,19-22H2,1-4H3,(H,38,39). The number of carboxylic acid groups (broad SMARTS) is 1. The highest BCUT2D eigenvalue weighted by molar-refractivity contribution is 5.82. The summed E-state index contributed by atoms with van der Waals surface area (Å²) in [5, 5.41) is 12.1. The fourth-order valence-corrected chi connectivity index (χ4v) is 4.30. The van der Waals surface area contributed by atoms with Crippen molar-refractivity contribution >= 4 is 17.7 Å². The summed E-state index contributed by atoms with van der Waals surface area (Å²) in [5.41, 5.74) is -1.99. The number of nitrogens with zero attached hydrogens (tertiary/aromatic N) is 2. The lowest BCUT2D eigenvalue weighted by Crippen LogP contribution is -2.60. The molecule has 0 saturated heterocycles. The van der Waals surface area contributed by atoms with Gasteiger partial charge in [0.2, 0.25) is 5.54 Å². The Labute approximate surface area is 238 Å². The molecule has 0 bridgehead atoms. The van der Waals surface area contributed by atoms with Gasteiger partial charge in [0.25, 0.3) is 0 Å². The molecule has 2 N–H and O–H groups in total. The third kappa shape index (κ3) is 8.23. The average Bonchev–Trinajstić information content (AvgIpc) is 2.90. The van der Waals surface area contributed by atoms with Crippen molar-refractivity contribution in [3.05, 3.63) is 102 Å². The van der Waals surface area contributed by atoms with Crippen LogP contribution in [0.1, 0.15) is 37.5 Å². The number of nitrogens with one attached hydrogen (secondary N) is 1. The lowest BCUT2D eigenvalue weighted by atomic mass is 9.88. The normalized spacial score (nSPS) is 13.2. The molecular weight excluding hydrogens is 535 g/mol. The van der Waals surface area contributed by atoms with Gasteiger partial charge in [0, 0.05) is 38.9 Å². The van der Waals surface area contributed by atoms with Gasteiger partial charge in [-0.3, -0.25) is 5.32 Å². The van der Waals surface area contributed by atoms with Crippen LogP contribution < -0.4 is 10.2 Å². The summed E-state index contributed by atoms with van der Waals surface area (Å²) in [6, 6.07) is 24.7. The van der Waals surface area contributed by atoms with Gasteiger partial charge in [0.05, 0.1) is 0 Å². The molecule has 0 heterocycles. The molecule has 1 atom stereocenters. The summed E-state index contributed by atoms with van der Waals surface area (Å²) in [4.78, 5) is 27.6. The smallest absolute Gasteiger partial charge is 0.421 e. The Kier molecular flexibility index (Phi) is 10.0. The second kappa shape index (κ2) is 13.1. The number of benzene rings is 3. The zero-order chi connectivity index (χ0) is 30.3. The molecule has 0 saturated carbocycles. The fraction of sp³-hybridized carbons (Fsp3) is 0.355. The Morgan fingerprint density at radius 1 is 0.829 bits per heavy atom. The van der Waals surface area contributed by atoms with E-state index >= 15 is 0 Å². The molecule has 10 heteroatoms. The number of alkyl halides is 3. The first-order chi connectivity index (χ1) is 19.2. The highest BCUT2D eigenvalue weighted by Crippen LogP contribution is 2.40. The van der Waals surface area contributed by atoms with Crippen molar-refractivity contribution in [2.24, 2.45) is 0 Å². The minimum atomic E-state index is -5.18. The monoisotopic (exact) mass is 571 g/mol. The number of halogens is 3. The largest absolute Gasteiger partial charge is 0.479 e. The molecule has 0 aromatic heterocycles. The molecule has 3 aromatic carbocycles. The minimum absolute atomic E-state index is 0.208. The second-order valence-electron chi connectivity index (χ2n) is 10.8. The molecule has 1 amide bonds. The van der Waals surface area contributed by atoms with Crippen LogP contribution in [0.2, 0.25) is 0 Å². The first-order valence-corrected chi connectivity index (χ1v) is 13.2. The van der Waals surface area contributed by atoms with E-state index in [9.17, 15) is 27.9 Å². The number of carboxylic acids is 1. The highest BCUT2D eigenvalue weighted by atomic mass is 19.4. The summed E-state index contributed by atoms with van der Waals surface area (Å²) < 4.78 is 48.7. The van der Waals surface area contributed by atoms with Gasteiger partial charge in [0.1, 0.15) is 5.60 Å². The maximum atomic E-state index is 14.5. The summed E-state index contributed by atoms with van der Waals surface area (Å²) in [6.45, 7) is 5.33. The molecule has 0 aliphatic rings. The lowest BCUT2D eigenvalue weighted by molar-refractivity contribution is -0.213. The SMILES string of the molecule is CN(CCNC(C(=O)O)(c1ccc(N(Cc2ccccc2)Cc2ccccc2)cc1)C(F)(F)F)C(=O)OC(C)(C)C. The topological polar surface area (TPSA) is 82.1 Å². The van der Waals surface area contributed by atoms with Crippen LogP contribution in [-0.4, -0.2) is 54.0 Å². The Balaban J connectivity index is 1.88. The van der Waals surface area contributed by atoms with Gasteiger partial charge in [-0.2, -0.15) is 13.2 Å². The molecule has 0 radical (unpaired) electrons. The third-order valence-electron chi connectivity index (χ3n) is 6.39. The number of carbonyl (C=O) groups excluding carboxylic acids is 1. The van der Waals surface area contributed by atoms with Crippen LogP contribution in [0, 0.1) is 0 Å². The Hall–Kier alpha value is -4.05. The van der Waals surface area contributed by atoms with E-state index in [1.54, 1.807) is 20.8 Å². The number of likely N-dealkylation sites (N-methyl/N-ethyl adjacent to an activating group) is 1. The Morgan fingerprint density at radius 3 is 1.73 bits per heavy atom. The Morgan fingerprint density at radius 2 is 1.32 bits per heavy atom. The zero-order valence-electron chi connectivity index (χ0n) is 23.6. The van der Waals surface area contributed by atoms with Crippen LogP contribution in [-0.2, 0) is 28.2 Å². The predicted molar refractivity (Wildman–Crippen MR) is 151 cm³/mol. The van der Waals surface area contributed by atoms with Crippen molar-refractivity contribution in [1.29, 1.82) is 0 Å². The van der Waals surface area contributed by atoms with E-state index in [0.717, 1.165) is 16.0 Å². The summed E-state index contributed by atoms with van der Waals surface area (Å²) in [7, 11) is 1.37. The third-order valence-corrected chi connectivity index (χ3v) is 6.39. The van der Waals surface area contributed by atoms with Crippen molar-refractivity contribution in [2.45, 2.75) is 51.2 Å². The summed E-state index contributed by atoms with van der Waals surface area (Å²) in [6.07, 6.45) is -5.91. The van der Waals surface area contributed by atoms with Crippen molar-refractivity contribution < 1.29 is 32.6 Å². The number of carbonyl (C=O) groups is 2. The average molecular weight is 572 g/mol. The number of rotatable bonds is 11. The molecule has 220 valence electrons. The van der Waals surface area contributed by atoms with Crippen LogP contribution in [0.15, 0.2) is 84.9 Å². The zero-order valence-corrected chi connectivity index (χ0v) is 23.6. The minimum Gasteiger partial charge on any atom is -0.479 e. The van der Waals surface area contributed by atoms with E-state index in [4.69, 9.17) is 4.74 Å². The van der Waals surface area contributed by atoms with E-state index in [1.807, 2.05) is 65.6 Å². The first kappa shape index (κ1) is 31.5. The molecule has 0 aliphatic carbocycles. The van der Waals surface area contributed by atoms with E-state index in [0.29, 0.717) is 18.8 Å². The molecule has 3 aromatic rings. The molecule has 1 unspecified atom stereocenters. The number of hydrogen-bond acceptors (Lipinski definition) is 5. The van der Waals surface area contributed by atoms with E-state index < -0.39 is 41.5 Å². The number of ether oxygens (including phenoxy) is 1. The Bertz CT molecular complexity index is 1240. The molecule has 41 heavy (non-hydrogen) atoms. The van der Waals surface area contributed by atoms with Gasteiger partial charge in [-0.1, -0.05) is 72.8 Å². The number of amides is 1. The van der Waals surface area contributed by atoms with Gasteiger partial charge < -0.3 is 19.6 Å². The first-order valence-electron chi connectivity index (χ1n) is 13.2. The fourth-order valence-electron chi connectivity index (χ4n) is 4.30. The highest BCUT2D eigenvalue weighted by Gasteiger charge is 2.62. The predicted octanol–water partition coefficient (Wildman–Crippen LogP) is 6.19. The maximum absolute atomic E-state index is 14.5.